The number of hydrogen-bond acceptors (Lipinski definition) is 5. The zero-order valence-corrected chi connectivity index (χ0v) is 19.6. The van der Waals surface area contributed by atoms with Crippen LogP contribution in [-0.4, -0.2) is 38.8 Å². The van der Waals surface area contributed by atoms with Crippen molar-refractivity contribution in [3.8, 4) is 0 Å². The summed E-state index contributed by atoms with van der Waals surface area (Å²) in [4.78, 5) is 29.0. The van der Waals surface area contributed by atoms with E-state index in [1.165, 1.54) is 10.4 Å². The van der Waals surface area contributed by atoms with E-state index in [4.69, 9.17) is 4.98 Å². The number of aromatic nitrogens is 3. The fourth-order valence-electron chi connectivity index (χ4n) is 4.40. The lowest BCUT2D eigenvalue weighted by Gasteiger charge is -2.16. The van der Waals surface area contributed by atoms with Gasteiger partial charge in [0.2, 0.25) is 0 Å². The monoisotopic (exact) mass is 445 g/mol. The van der Waals surface area contributed by atoms with Crippen LogP contribution in [0.1, 0.15) is 50.3 Å². The highest BCUT2D eigenvalue weighted by atomic mass is 32.1. The van der Waals surface area contributed by atoms with Crippen molar-refractivity contribution in [1.29, 1.82) is 0 Å². The molecule has 4 aromatic rings. The van der Waals surface area contributed by atoms with Crippen molar-refractivity contribution >= 4 is 39.0 Å². The third kappa shape index (κ3) is 3.88. The molecule has 0 saturated carbocycles. The lowest BCUT2D eigenvalue weighted by atomic mass is 10.0. The van der Waals surface area contributed by atoms with Crippen LogP contribution in [0.2, 0.25) is 0 Å². The van der Waals surface area contributed by atoms with Gasteiger partial charge in [-0.25, -0.2) is 4.98 Å². The van der Waals surface area contributed by atoms with Crippen molar-refractivity contribution in [3.63, 3.8) is 0 Å². The van der Waals surface area contributed by atoms with Crippen LogP contribution in [0, 0.1) is 27.7 Å². The first-order valence-electron chi connectivity index (χ1n) is 10.9. The van der Waals surface area contributed by atoms with Crippen LogP contribution < -0.4 is 5.32 Å². The molecule has 1 amide bonds. The summed E-state index contributed by atoms with van der Waals surface area (Å²) in [5.74, 6) is 0.285. The van der Waals surface area contributed by atoms with E-state index in [-0.39, 0.29) is 11.8 Å². The molecule has 1 aliphatic rings. The summed E-state index contributed by atoms with van der Waals surface area (Å²) in [7, 11) is 0. The Bertz CT molecular complexity index is 1300. The Kier molecular flexibility index (Phi) is 5.21. The van der Waals surface area contributed by atoms with Gasteiger partial charge < -0.3 is 15.2 Å². The quantitative estimate of drug-likeness (QED) is 0.427. The van der Waals surface area contributed by atoms with Gasteiger partial charge in [-0.2, -0.15) is 0 Å². The van der Waals surface area contributed by atoms with Crippen molar-refractivity contribution in [3.05, 3.63) is 69.6 Å². The summed E-state index contributed by atoms with van der Waals surface area (Å²) in [5.41, 5.74) is 6.88. The minimum absolute atomic E-state index is 0.0582. The number of carbonyl (C=O) groups is 1. The maximum atomic E-state index is 13.2. The fourth-order valence-corrected chi connectivity index (χ4v) is 5.24. The fraction of sp³-hybridized carbons (Fsp3) is 0.320. The van der Waals surface area contributed by atoms with Crippen LogP contribution in [0.3, 0.4) is 0 Å². The molecule has 4 heterocycles. The molecule has 0 bridgehead atoms. The molecule has 1 saturated heterocycles. The van der Waals surface area contributed by atoms with Gasteiger partial charge in [0.05, 0.1) is 5.69 Å². The number of aryl methyl sites for hydroxylation is 4. The van der Waals surface area contributed by atoms with E-state index in [1.807, 2.05) is 43.0 Å². The number of carbonyl (C=O) groups excluding carboxylic acids is 1. The second kappa shape index (κ2) is 8.06. The Morgan fingerprint density at radius 3 is 2.75 bits per heavy atom. The molecular formula is C25H27N5OS. The second-order valence-corrected chi connectivity index (χ2v) is 9.87. The number of benzene rings is 1. The Morgan fingerprint density at radius 2 is 2.00 bits per heavy atom. The Morgan fingerprint density at radius 1 is 1.16 bits per heavy atom. The number of amides is 1. The zero-order valence-electron chi connectivity index (χ0n) is 18.8. The molecule has 0 aliphatic carbocycles. The number of likely N-dealkylation sites (tertiary alicyclic amines) is 1. The van der Waals surface area contributed by atoms with E-state index >= 15 is 0 Å². The molecule has 2 N–H and O–H groups in total. The largest absolute Gasteiger partial charge is 0.351 e. The van der Waals surface area contributed by atoms with Crippen molar-refractivity contribution < 1.29 is 4.79 Å². The van der Waals surface area contributed by atoms with Gasteiger partial charge in [0.15, 0.2) is 5.13 Å². The minimum Gasteiger partial charge on any atom is -0.351 e. The molecule has 3 aromatic heterocycles. The average Bonchev–Trinajstić information content (AvgIpc) is 3.47. The maximum absolute atomic E-state index is 13.2. The number of fused-ring (bicyclic) bond motifs is 1. The maximum Gasteiger partial charge on any atom is 0.270 e. The van der Waals surface area contributed by atoms with Gasteiger partial charge in [-0.3, -0.25) is 9.78 Å². The number of anilines is 2. The van der Waals surface area contributed by atoms with Gasteiger partial charge in [-0.05, 0) is 63.9 Å². The minimum atomic E-state index is 0.0582. The molecule has 164 valence electrons. The van der Waals surface area contributed by atoms with Crippen LogP contribution >= 0.6 is 11.3 Å². The normalized spacial score (nSPS) is 16.1. The number of aromatic amines is 1. The zero-order chi connectivity index (χ0) is 22.4. The summed E-state index contributed by atoms with van der Waals surface area (Å²) in [6.45, 7) is 9.61. The van der Waals surface area contributed by atoms with Gasteiger partial charge >= 0.3 is 0 Å². The Hall–Kier alpha value is -3.19. The molecule has 0 spiro atoms. The number of pyridine rings is 1. The summed E-state index contributed by atoms with van der Waals surface area (Å²) < 4.78 is 0. The number of nitrogens with zero attached hydrogens (tertiary/aromatic N) is 3. The molecule has 0 unspecified atom stereocenters. The third-order valence-electron chi connectivity index (χ3n) is 6.26. The number of rotatable bonds is 4. The van der Waals surface area contributed by atoms with Gasteiger partial charge in [0.1, 0.15) is 5.69 Å². The summed E-state index contributed by atoms with van der Waals surface area (Å²) in [6.07, 6.45) is 0.913. The predicted molar refractivity (Wildman–Crippen MR) is 130 cm³/mol. The SMILES string of the molecule is Cc1cc(Nc2nc(C)c(C)s2)cc([C@H]2CCN(C(=O)c3cc4c(C)cccc4[nH]3)C2)n1. The van der Waals surface area contributed by atoms with Crippen LogP contribution in [0.15, 0.2) is 36.4 Å². The van der Waals surface area contributed by atoms with Crippen molar-refractivity contribution in [1.82, 2.24) is 19.9 Å². The number of H-pyrrole nitrogens is 1. The molecule has 0 radical (unpaired) electrons. The molecular weight excluding hydrogens is 418 g/mol. The first kappa shape index (κ1) is 20.7. The lowest BCUT2D eigenvalue weighted by Crippen LogP contribution is -2.28. The van der Waals surface area contributed by atoms with Gasteiger partial charge in [-0.1, -0.05) is 12.1 Å². The molecule has 32 heavy (non-hydrogen) atoms. The van der Waals surface area contributed by atoms with Gasteiger partial charge in [0.25, 0.3) is 5.91 Å². The highest BCUT2D eigenvalue weighted by Gasteiger charge is 2.30. The molecule has 1 aromatic carbocycles. The summed E-state index contributed by atoms with van der Waals surface area (Å²) in [6, 6.07) is 12.2. The summed E-state index contributed by atoms with van der Waals surface area (Å²) in [5, 5.41) is 5.44. The topological polar surface area (TPSA) is 73.9 Å². The third-order valence-corrected chi connectivity index (χ3v) is 7.25. The van der Waals surface area contributed by atoms with Crippen LogP contribution in [0.4, 0.5) is 10.8 Å². The van der Waals surface area contributed by atoms with E-state index in [2.05, 4.69) is 41.3 Å². The van der Waals surface area contributed by atoms with E-state index in [0.29, 0.717) is 12.2 Å². The summed E-state index contributed by atoms with van der Waals surface area (Å²) >= 11 is 1.66. The smallest absolute Gasteiger partial charge is 0.270 e. The molecule has 5 rings (SSSR count). The Labute approximate surface area is 191 Å². The lowest BCUT2D eigenvalue weighted by molar-refractivity contribution is 0.0786. The predicted octanol–water partition coefficient (Wildman–Crippen LogP) is 5.63. The molecule has 7 heteroatoms. The van der Waals surface area contributed by atoms with Gasteiger partial charge in [0, 0.05) is 51.9 Å². The standard InChI is InChI=1S/C25H27N5OS/c1-14-6-5-7-21-20(14)12-23(29-21)24(31)30-9-8-18(13-30)22-11-19(10-15(2)26-22)28-25-27-16(3)17(4)32-25/h5-7,10-12,18,29H,8-9,13H2,1-4H3,(H,26,27,28)/t18-/m0/s1. The number of hydrogen-bond donors (Lipinski definition) is 2. The molecule has 1 aliphatic heterocycles. The van der Waals surface area contributed by atoms with Crippen LogP contribution in [-0.2, 0) is 0 Å². The number of thiazole rings is 1. The van der Waals surface area contributed by atoms with Crippen molar-refractivity contribution in [2.45, 2.75) is 40.0 Å². The van der Waals surface area contributed by atoms with E-state index in [1.54, 1.807) is 11.3 Å². The van der Waals surface area contributed by atoms with E-state index in [0.717, 1.165) is 51.8 Å². The number of nitrogens with one attached hydrogen (secondary N) is 2. The first-order chi connectivity index (χ1) is 15.4. The van der Waals surface area contributed by atoms with E-state index < -0.39 is 0 Å². The first-order valence-corrected chi connectivity index (χ1v) is 11.8. The molecule has 1 atom stereocenters. The van der Waals surface area contributed by atoms with Gasteiger partial charge in [-0.15, -0.1) is 11.3 Å². The van der Waals surface area contributed by atoms with Crippen molar-refractivity contribution in [2.75, 3.05) is 18.4 Å². The molecule has 6 nitrogen and oxygen atoms in total. The van der Waals surface area contributed by atoms with E-state index in [9.17, 15) is 4.79 Å². The average molecular weight is 446 g/mol. The van der Waals surface area contributed by atoms with Crippen LogP contribution in [0.5, 0.6) is 0 Å². The van der Waals surface area contributed by atoms with Crippen molar-refractivity contribution in [2.24, 2.45) is 0 Å². The second-order valence-electron chi connectivity index (χ2n) is 8.66. The highest BCUT2D eigenvalue weighted by Crippen LogP contribution is 2.31. The molecule has 1 fully saturated rings. The highest BCUT2D eigenvalue weighted by molar-refractivity contribution is 7.15. The Balaban J connectivity index is 1.33. The van der Waals surface area contributed by atoms with Crippen LogP contribution in [0.25, 0.3) is 10.9 Å².